The maximum atomic E-state index is 12.4. The number of carbonyl (C=O) groups is 2. The average Bonchev–Trinajstić information content (AvgIpc) is 2.88. The fourth-order valence-electron chi connectivity index (χ4n) is 3.69. The van der Waals surface area contributed by atoms with Gasteiger partial charge < -0.3 is 34.7 Å². The summed E-state index contributed by atoms with van der Waals surface area (Å²) < 4.78 is 21.9. The Kier molecular flexibility index (Phi) is 9.73. The second-order valence-electron chi connectivity index (χ2n) is 7.89. The summed E-state index contributed by atoms with van der Waals surface area (Å²) in [6.45, 7) is 6.10. The van der Waals surface area contributed by atoms with Crippen LogP contribution in [0.3, 0.4) is 0 Å². The van der Waals surface area contributed by atoms with E-state index in [9.17, 15) is 14.7 Å². The zero-order valence-corrected chi connectivity index (χ0v) is 21.2. The van der Waals surface area contributed by atoms with Gasteiger partial charge in [0.1, 0.15) is 12.4 Å². The molecule has 0 spiro atoms. The minimum absolute atomic E-state index is 0.125. The summed E-state index contributed by atoms with van der Waals surface area (Å²) in [4.78, 5) is 24.4. The van der Waals surface area contributed by atoms with Crippen molar-refractivity contribution in [2.45, 2.75) is 33.0 Å². The molecule has 4 N–H and O–H groups in total. The molecular weight excluding hydrogens is 480 g/mol. The van der Waals surface area contributed by atoms with Crippen molar-refractivity contribution in [2.75, 3.05) is 26.9 Å². The molecule has 0 fully saturated rings. The Bertz CT molecular complexity index is 1170. The number of methoxy groups -OCH3 is 1. The lowest BCUT2D eigenvalue weighted by Crippen LogP contribution is -2.45. The molecule has 37 heavy (non-hydrogen) atoms. The normalized spacial score (nSPS) is 16.0. The molecule has 1 aliphatic heterocycles. The first kappa shape index (κ1) is 27.3. The molecule has 0 saturated carbocycles. The van der Waals surface area contributed by atoms with Crippen LogP contribution in [0.25, 0.3) is 0 Å². The third-order valence-electron chi connectivity index (χ3n) is 5.32. The number of carbonyl (C=O) groups excluding carboxylic acids is 2. The van der Waals surface area contributed by atoms with E-state index in [0.717, 1.165) is 5.56 Å². The maximum absolute atomic E-state index is 12.4. The molecule has 2 aromatic rings. The van der Waals surface area contributed by atoms with Crippen LogP contribution in [0.5, 0.6) is 17.2 Å². The lowest BCUT2D eigenvalue weighted by Gasteiger charge is -2.28. The van der Waals surface area contributed by atoms with Crippen LogP contribution in [0.15, 0.2) is 58.8 Å². The van der Waals surface area contributed by atoms with Crippen molar-refractivity contribution in [3.63, 3.8) is 0 Å². The fraction of sp³-hybridized carbons (Fsp3) is 0.346. The molecule has 0 radical (unpaired) electrons. The van der Waals surface area contributed by atoms with Gasteiger partial charge in [0, 0.05) is 11.3 Å². The highest BCUT2D eigenvalue weighted by Crippen LogP contribution is 2.34. The van der Waals surface area contributed by atoms with Gasteiger partial charge in [-0.3, -0.25) is 5.43 Å². The van der Waals surface area contributed by atoms with Crippen LogP contribution in [0, 0.1) is 0 Å². The van der Waals surface area contributed by atoms with Crippen LogP contribution < -0.4 is 30.3 Å². The summed E-state index contributed by atoms with van der Waals surface area (Å²) >= 11 is 0. The molecule has 0 bridgehead atoms. The van der Waals surface area contributed by atoms with Crippen molar-refractivity contribution in [3.05, 3.63) is 64.9 Å². The van der Waals surface area contributed by atoms with Gasteiger partial charge in [0.15, 0.2) is 17.7 Å². The molecule has 0 saturated heterocycles. The number of benzene rings is 2. The number of hydrogen-bond donors (Lipinski definition) is 4. The van der Waals surface area contributed by atoms with Crippen LogP contribution in [-0.4, -0.2) is 56.5 Å². The summed E-state index contributed by atoms with van der Waals surface area (Å²) in [5.74, 6) is 0.883. The quantitative estimate of drug-likeness (QED) is 0.147. The summed E-state index contributed by atoms with van der Waals surface area (Å²) in [7, 11) is 1.28. The Morgan fingerprint density at radius 2 is 1.84 bits per heavy atom. The van der Waals surface area contributed by atoms with E-state index in [4.69, 9.17) is 18.9 Å². The molecule has 1 aliphatic rings. The molecule has 2 aromatic carbocycles. The van der Waals surface area contributed by atoms with Crippen LogP contribution >= 0.6 is 0 Å². The molecule has 2 amide bonds. The lowest BCUT2D eigenvalue weighted by atomic mass is 9.95. The average molecular weight is 513 g/mol. The SMILES string of the molecule is CCOc1ccccc1/C=N/N[C@H](O)COc1ccc([C@@H]2NC(=O)NC(C)=C2C(=O)OC)cc1OCC. The number of para-hydroxylation sites is 1. The number of hydrazone groups is 1. The number of esters is 1. The largest absolute Gasteiger partial charge is 0.493 e. The number of urea groups is 1. The number of hydrogen-bond acceptors (Lipinski definition) is 9. The van der Waals surface area contributed by atoms with Crippen LogP contribution in [-0.2, 0) is 9.53 Å². The van der Waals surface area contributed by atoms with Gasteiger partial charge in [-0.15, -0.1) is 0 Å². The van der Waals surface area contributed by atoms with Crippen molar-refractivity contribution in [2.24, 2.45) is 5.10 Å². The minimum atomic E-state index is -1.11. The summed E-state index contributed by atoms with van der Waals surface area (Å²) in [5, 5.41) is 19.7. The number of amides is 2. The van der Waals surface area contributed by atoms with E-state index in [2.05, 4.69) is 21.2 Å². The van der Waals surface area contributed by atoms with E-state index in [1.165, 1.54) is 7.11 Å². The smallest absolute Gasteiger partial charge is 0.337 e. The van der Waals surface area contributed by atoms with Crippen LogP contribution in [0.2, 0.25) is 0 Å². The molecule has 2 atom stereocenters. The van der Waals surface area contributed by atoms with Crippen molar-refractivity contribution >= 4 is 18.2 Å². The van der Waals surface area contributed by atoms with E-state index in [1.807, 2.05) is 38.1 Å². The number of nitrogens with one attached hydrogen (secondary N) is 3. The zero-order chi connectivity index (χ0) is 26.8. The van der Waals surface area contributed by atoms with Crippen molar-refractivity contribution in [3.8, 4) is 17.2 Å². The van der Waals surface area contributed by atoms with Crippen LogP contribution in [0.1, 0.15) is 37.9 Å². The number of allylic oxidation sites excluding steroid dienone is 1. The van der Waals surface area contributed by atoms with E-state index in [0.29, 0.717) is 41.7 Å². The number of rotatable bonds is 12. The summed E-state index contributed by atoms with van der Waals surface area (Å²) in [6.07, 6.45) is 0.445. The second-order valence-corrected chi connectivity index (χ2v) is 7.89. The molecule has 0 unspecified atom stereocenters. The first-order valence-electron chi connectivity index (χ1n) is 11.8. The topological polar surface area (TPSA) is 140 Å². The van der Waals surface area contributed by atoms with Gasteiger partial charge in [-0.1, -0.05) is 18.2 Å². The van der Waals surface area contributed by atoms with Crippen LogP contribution in [0.4, 0.5) is 4.79 Å². The first-order chi connectivity index (χ1) is 17.9. The molecule has 1 heterocycles. The van der Waals surface area contributed by atoms with E-state index >= 15 is 0 Å². The second kappa shape index (κ2) is 13.2. The monoisotopic (exact) mass is 512 g/mol. The van der Waals surface area contributed by atoms with Crippen molar-refractivity contribution < 1.29 is 33.6 Å². The van der Waals surface area contributed by atoms with Crippen molar-refractivity contribution in [1.29, 1.82) is 0 Å². The maximum Gasteiger partial charge on any atom is 0.337 e. The highest BCUT2D eigenvalue weighted by molar-refractivity contribution is 5.95. The Morgan fingerprint density at radius 1 is 1.11 bits per heavy atom. The fourth-order valence-corrected chi connectivity index (χ4v) is 3.69. The lowest BCUT2D eigenvalue weighted by molar-refractivity contribution is -0.136. The number of aliphatic hydroxyl groups is 1. The highest BCUT2D eigenvalue weighted by Gasteiger charge is 2.32. The molecule has 0 aliphatic carbocycles. The zero-order valence-electron chi connectivity index (χ0n) is 21.2. The first-order valence-corrected chi connectivity index (χ1v) is 11.8. The Morgan fingerprint density at radius 3 is 2.57 bits per heavy atom. The van der Waals surface area contributed by atoms with Gasteiger partial charge >= 0.3 is 12.0 Å². The molecule has 11 heteroatoms. The predicted octanol–water partition coefficient (Wildman–Crippen LogP) is 2.61. The minimum Gasteiger partial charge on any atom is -0.493 e. The summed E-state index contributed by atoms with van der Waals surface area (Å²) in [6, 6.07) is 11.3. The molecule has 11 nitrogen and oxygen atoms in total. The molecule has 3 rings (SSSR count). The van der Waals surface area contributed by atoms with E-state index < -0.39 is 24.3 Å². The van der Waals surface area contributed by atoms with Gasteiger partial charge in [-0.2, -0.15) is 5.10 Å². The Balaban J connectivity index is 1.70. The summed E-state index contributed by atoms with van der Waals surface area (Å²) in [5.41, 5.74) is 4.65. The molecule has 198 valence electrons. The standard InChI is InChI=1S/C26H32N4O7/c1-5-35-19-10-8-7-9-18(19)14-27-30-22(31)15-37-20-12-11-17(13-21(20)36-6-2)24-23(25(32)34-4)16(3)28-26(33)29-24/h7-14,22,24,30-31H,5-6,15H2,1-4H3,(H2,28,29,33)/b27-14+/t22-,24+/m1/s1. The van der Waals surface area contributed by atoms with Gasteiger partial charge in [0.2, 0.25) is 0 Å². The van der Waals surface area contributed by atoms with Gasteiger partial charge in [-0.05, 0) is 50.6 Å². The highest BCUT2D eigenvalue weighted by atomic mass is 16.5. The number of nitrogens with zero attached hydrogens (tertiary/aromatic N) is 1. The Hall–Kier alpha value is -4.25. The Labute approximate surface area is 215 Å². The molecule has 0 aromatic heterocycles. The van der Waals surface area contributed by atoms with Gasteiger partial charge in [0.25, 0.3) is 0 Å². The van der Waals surface area contributed by atoms with Crippen molar-refractivity contribution in [1.82, 2.24) is 16.1 Å². The number of ether oxygens (including phenoxy) is 4. The van der Waals surface area contributed by atoms with Gasteiger partial charge in [0.05, 0.1) is 38.2 Å². The third kappa shape index (κ3) is 7.14. The molecular formula is C26H32N4O7. The van der Waals surface area contributed by atoms with Gasteiger partial charge in [-0.25, -0.2) is 9.59 Å². The third-order valence-corrected chi connectivity index (χ3v) is 5.32. The number of aliphatic hydroxyl groups excluding tert-OH is 1. The van der Waals surface area contributed by atoms with E-state index in [-0.39, 0.29) is 12.2 Å². The van der Waals surface area contributed by atoms with E-state index in [1.54, 1.807) is 31.3 Å². The predicted molar refractivity (Wildman–Crippen MR) is 137 cm³/mol.